The number of nitroso groups, excluding NO2 is 1. The Morgan fingerprint density at radius 1 is 1.36 bits per heavy atom. The summed E-state index contributed by atoms with van der Waals surface area (Å²) in [6.07, 6.45) is 6.34. The summed E-state index contributed by atoms with van der Waals surface area (Å²) in [7, 11) is 3.25. The van der Waals surface area contributed by atoms with Gasteiger partial charge in [0.05, 0.1) is 23.5 Å². The van der Waals surface area contributed by atoms with Crippen molar-refractivity contribution in [3.63, 3.8) is 0 Å². The summed E-state index contributed by atoms with van der Waals surface area (Å²) >= 11 is 1.72. The smallest absolute Gasteiger partial charge is 0.194 e. The normalized spacial score (nSPS) is 17.0. The number of aryl methyl sites for hydroxylation is 1. The first kappa shape index (κ1) is 17.2. The summed E-state index contributed by atoms with van der Waals surface area (Å²) in [5.74, 6) is 1.95. The monoisotopic (exact) mass is 394 g/mol. The van der Waals surface area contributed by atoms with Crippen molar-refractivity contribution in [1.82, 2.24) is 9.97 Å². The lowest BCUT2D eigenvalue weighted by molar-refractivity contribution is -0.526. The quantitative estimate of drug-likeness (QED) is 0.672. The molecule has 8 heteroatoms. The standard InChI is InChI=1S/C20H20N5O2S/c1-25(26)9-11-3-4-13-17(5-11)28-20-18(13)19(22-10-23-20)24-15-6-12-8-21-14(12)7-16(15)27-2/h6-8,10-11H,3-5,9H2,1-2H3,(H,22,23,24)/q+1. The molecule has 0 radical (unpaired) electrons. The van der Waals surface area contributed by atoms with Crippen LogP contribution in [0.3, 0.4) is 0 Å². The molecular weight excluding hydrogens is 374 g/mol. The number of thiophene rings is 1. The summed E-state index contributed by atoms with van der Waals surface area (Å²) < 4.78 is 6.57. The minimum atomic E-state index is 0.403. The van der Waals surface area contributed by atoms with Crippen molar-refractivity contribution in [3.8, 4) is 5.75 Å². The van der Waals surface area contributed by atoms with Gasteiger partial charge in [0, 0.05) is 33.2 Å². The molecule has 3 aromatic rings. The number of fused-ring (bicyclic) bond motifs is 4. The van der Waals surface area contributed by atoms with Crippen LogP contribution >= 0.6 is 11.3 Å². The molecule has 28 heavy (non-hydrogen) atoms. The lowest BCUT2D eigenvalue weighted by atomic mass is 9.88. The van der Waals surface area contributed by atoms with Gasteiger partial charge in [-0.25, -0.2) is 9.97 Å². The van der Waals surface area contributed by atoms with Crippen molar-refractivity contribution < 1.29 is 9.50 Å². The number of rotatable bonds is 5. The molecule has 0 spiro atoms. The Morgan fingerprint density at radius 3 is 3.00 bits per heavy atom. The fourth-order valence-corrected chi connectivity index (χ4v) is 5.36. The highest BCUT2D eigenvalue weighted by atomic mass is 32.1. The number of ether oxygens (including phenoxy) is 1. The first-order chi connectivity index (χ1) is 13.6. The highest BCUT2D eigenvalue weighted by Gasteiger charge is 2.28. The van der Waals surface area contributed by atoms with Gasteiger partial charge in [0.25, 0.3) is 0 Å². The van der Waals surface area contributed by atoms with Gasteiger partial charge < -0.3 is 10.1 Å². The molecule has 2 aromatic heterocycles. The van der Waals surface area contributed by atoms with Crippen molar-refractivity contribution in [2.24, 2.45) is 10.9 Å². The zero-order valence-corrected chi connectivity index (χ0v) is 16.5. The van der Waals surface area contributed by atoms with E-state index in [1.807, 2.05) is 18.3 Å². The van der Waals surface area contributed by atoms with Crippen LogP contribution < -0.4 is 20.6 Å². The first-order valence-electron chi connectivity index (χ1n) is 9.29. The summed E-state index contributed by atoms with van der Waals surface area (Å²) in [6.45, 7) is 0.582. The number of nitrogens with one attached hydrogen (secondary N) is 1. The van der Waals surface area contributed by atoms with Crippen LogP contribution in [-0.4, -0.2) is 35.4 Å². The number of nitrogens with zero attached hydrogens (tertiary/aromatic N) is 4. The summed E-state index contributed by atoms with van der Waals surface area (Å²) in [5.41, 5.74) is 2.19. The van der Waals surface area contributed by atoms with E-state index in [2.05, 4.69) is 20.3 Å². The largest absolute Gasteiger partial charge is 0.494 e. The van der Waals surface area contributed by atoms with E-state index in [1.165, 1.54) is 10.4 Å². The minimum Gasteiger partial charge on any atom is -0.494 e. The van der Waals surface area contributed by atoms with Gasteiger partial charge in [0.15, 0.2) is 13.6 Å². The second-order valence-electron chi connectivity index (χ2n) is 7.32. The molecule has 2 aliphatic rings. The summed E-state index contributed by atoms with van der Waals surface area (Å²) in [4.78, 5) is 27.0. The van der Waals surface area contributed by atoms with E-state index in [1.54, 1.807) is 31.8 Å². The predicted octanol–water partition coefficient (Wildman–Crippen LogP) is 2.33. The molecule has 1 aliphatic carbocycles. The van der Waals surface area contributed by atoms with Gasteiger partial charge in [-0.3, -0.25) is 4.99 Å². The number of aromatic nitrogens is 2. The molecule has 0 fully saturated rings. The van der Waals surface area contributed by atoms with Crippen molar-refractivity contribution >= 4 is 39.3 Å². The molecule has 1 atom stereocenters. The maximum Gasteiger partial charge on any atom is 0.194 e. The Kier molecular flexibility index (Phi) is 4.08. The number of hydrogen-bond acceptors (Lipinski definition) is 7. The Morgan fingerprint density at radius 2 is 2.25 bits per heavy atom. The van der Waals surface area contributed by atoms with E-state index < -0.39 is 0 Å². The lowest BCUT2D eigenvalue weighted by Gasteiger charge is -2.19. The fraction of sp³-hybridized carbons (Fsp3) is 0.350. The minimum absolute atomic E-state index is 0.403. The highest BCUT2D eigenvalue weighted by Crippen LogP contribution is 2.40. The molecule has 1 aliphatic heterocycles. The Balaban J connectivity index is 1.55. The van der Waals surface area contributed by atoms with E-state index in [9.17, 15) is 4.91 Å². The third kappa shape index (κ3) is 2.84. The summed E-state index contributed by atoms with van der Waals surface area (Å²) in [6, 6.07) is 3.97. The average Bonchev–Trinajstić information content (AvgIpc) is 3.02. The van der Waals surface area contributed by atoms with Gasteiger partial charge in [0.1, 0.15) is 22.7 Å². The molecule has 3 heterocycles. The van der Waals surface area contributed by atoms with Crippen LogP contribution in [0.1, 0.15) is 16.9 Å². The molecule has 142 valence electrons. The molecule has 0 amide bonds. The van der Waals surface area contributed by atoms with Gasteiger partial charge in [0.2, 0.25) is 0 Å². The Labute approximate surface area is 165 Å². The van der Waals surface area contributed by atoms with Crippen molar-refractivity contribution in [1.29, 1.82) is 0 Å². The molecule has 7 nitrogen and oxygen atoms in total. The third-order valence-corrected chi connectivity index (χ3v) is 6.57. The van der Waals surface area contributed by atoms with E-state index >= 15 is 0 Å². The molecule has 5 rings (SSSR count). The molecule has 0 saturated heterocycles. The van der Waals surface area contributed by atoms with Crippen LogP contribution in [0.5, 0.6) is 5.75 Å². The van der Waals surface area contributed by atoms with Crippen molar-refractivity contribution in [2.75, 3.05) is 26.0 Å². The second-order valence-corrected chi connectivity index (χ2v) is 8.40. The molecule has 0 bridgehead atoms. The fourth-order valence-electron chi connectivity index (χ4n) is 4.06. The maximum absolute atomic E-state index is 11.4. The van der Waals surface area contributed by atoms with E-state index in [4.69, 9.17) is 4.74 Å². The van der Waals surface area contributed by atoms with E-state index in [0.29, 0.717) is 12.5 Å². The molecule has 1 unspecified atom stereocenters. The summed E-state index contributed by atoms with van der Waals surface area (Å²) in [5, 5.41) is 6.58. The van der Waals surface area contributed by atoms with Gasteiger partial charge in [-0.2, -0.15) is 0 Å². The Bertz CT molecular complexity index is 1230. The van der Waals surface area contributed by atoms with Crippen LogP contribution in [0.25, 0.3) is 16.4 Å². The number of anilines is 2. The van der Waals surface area contributed by atoms with Gasteiger partial charge in [-0.1, -0.05) is 0 Å². The first-order valence-corrected chi connectivity index (χ1v) is 10.1. The van der Waals surface area contributed by atoms with Gasteiger partial charge >= 0.3 is 0 Å². The van der Waals surface area contributed by atoms with Crippen LogP contribution in [0.4, 0.5) is 11.5 Å². The molecular formula is C20H20N5O2S+. The van der Waals surface area contributed by atoms with Crippen LogP contribution in [-0.2, 0) is 12.8 Å². The zero-order chi connectivity index (χ0) is 19.3. The van der Waals surface area contributed by atoms with Gasteiger partial charge in [-0.15, -0.1) is 11.3 Å². The van der Waals surface area contributed by atoms with E-state index in [-0.39, 0.29) is 0 Å². The lowest BCUT2D eigenvalue weighted by Crippen LogP contribution is -2.31. The number of hydrogen-bond donors (Lipinski definition) is 1. The second kappa shape index (κ2) is 6.63. The third-order valence-electron chi connectivity index (χ3n) is 5.41. The maximum atomic E-state index is 11.4. The molecule has 1 aromatic carbocycles. The van der Waals surface area contributed by atoms with Crippen molar-refractivity contribution in [2.45, 2.75) is 19.3 Å². The highest BCUT2D eigenvalue weighted by molar-refractivity contribution is 7.19. The zero-order valence-electron chi connectivity index (χ0n) is 15.7. The Hall–Kier alpha value is -2.87. The van der Waals surface area contributed by atoms with Crippen LogP contribution in [0, 0.1) is 10.8 Å². The number of methoxy groups -OCH3 is 1. The topological polar surface area (TPSA) is 79.5 Å². The van der Waals surface area contributed by atoms with Crippen molar-refractivity contribution in [3.05, 3.63) is 44.4 Å². The number of benzene rings is 1. The van der Waals surface area contributed by atoms with E-state index in [0.717, 1.165) is 62.1 Å². The molecule has 0 saturated carbocycles. The van der Waals surface area contributed by atoms with Gasteiger partial charge in [-0.05, 0) is 35.7 Å². The van der Waals surface area contributed by atoms with Crippen LogP contribution in [0.15, 0.2) is 23.5 Å². The molecule has 1 N–H and O–H groups in total. The van der Waals surface area contributed by atoms with Crippen LogP contribution in [0.2, 0.25) is 0 Å². The average molecular weight is 394 g/mol. The predicted molar refractivity (Wildman–Crippen MR) is 109 cm³/mol. The SMILES string of the molecule is COc1cc2c(cc1Nc1ncnc3sc4c(c13)CCC(C[N+](C)=O)C4)=CN=2.